The number of hydrogen-bond donors (Lipinski definition) is 1. The van der Waals surface area contributed by atoms with Crippen LogP contribution in [0, 0.1) is 17.6 Å². The lowest BCUT2D eigenvalue weighted by molar-refractivity contribution is 0.0927. The molecule has 1 N–H and O–H groups in total. The third-order valence-electron chi connectivity index (χ3n) is 2.75. The van der Waals surface area contributed by atoms with Gasteiger partial charge in [0.05, 0.1) is 0 Å². The molecule has 1 atom stereocenters. The smallest absolute Gasteiger partial charge is 0.264 e. The fourth-order valence-electron chi connectivity index (χ4n) is 1.99. The number of nitrogens with one attached hydrogen (secondary N) is 1. The summed E-state index contributed by atoms with van der Waals surface area (Å²) in [7, 11) is 0.642. The molecule has 4 nitrogen and oxygen atoms in total. The normalized spacial score (nSPS) is 13.3. The minimum atomic E-state index is -4.40. The molecule has 0 fully saturated rings. The molecule has 1 amide bonds. The van der Waals surface area contributed by atoms with Crippen molar-refractivity contribution in [3.8, 4) is 0 Å². The molecule has 0 bridgehead atoms. The molecule has 21 heavy (non-hydrogen) atoms. The van der Waals surface area contributed by atoms with Gasteiger partial charge in [-0.15, -0.1) is 0 Å². The number of amides is 1. The Hall–Kier alpha value is -1.21. The van der Waals surface area contributed by atoms with Crippen molar-refractivity contribution in [3.63, 3.8) is 0 Å². The van der Waals surface area contributed by atoms with E-state index in [0.717, 1.165) is 0 Å². The van der Waals surface area contributed by atoms with E-state index in [1.54, 1.807) is 6.92 Å². The van der Waals surface area contributed by atoms with Gasteiger partial charge in [0.1, 0.15) is 16.3 Å². The maximum atomic E-state index is 14.0. The zero-order valence-corrected chi connectivity index (χ0v) is 13.4. The molecule has 1 aromatic carbocycles. The molecular weight excluding hydrogens is 324 g/mol. The van der Waals surface area contributed by atoms with Gasteiger partial charge in [0.15, 0.2) is 5.82 Å². The lowest BCUT2D eigenvalue weighted by atomic mass is 10.0. The van der Waals surface area contributed by atoms with Crippen LogP contribution in [0.25, 0.3) is 0 Å². The van der Waals surface area contributed by atoms with Crippen molar-refractivity contribution in [3.05, 3.63) is 29.3 Å². The van der Waals surface area contributed by atoms with Gasteiger partial charge in [-0.25, -0.2) is 17.2 Å². The van der Waals surface area contributed by atoms with Crippen LogP contribution >= 0.6 is 10.7 Å². The quantitative estimate of drug-likeness (QED) is 0.839. The van der Waals surface area contributed by atoms with Crippen LogP contribution in [0.3, 0.4) is 0 Å². The van der Waals surface area contributed by atoms with Gasteiger partial charge in [0.25, 0.3) is 15.0 Å². The molecule has 1 rings (SSSR count). The van der Waals surface area contributed by atoms with Crippen LogP contribution in [-0.2, 0) is 9.05 Å². The number of rotatable bonds is 5. The fourth-order valence-corrected chi connectivity index (χ4v) is 2.90. The highest BCUT2D eigenvalue weighted by molar-refractivity contribution is 8.13. The molecular formula is C13H16ClF2NO3S. The third kappa shape index (κ3) is 4.64. The average molecular weight is 340 g/mol. The first kappa shape index (κ1) is 17.8. The molecule has 8 heteroatoms. The molecule has 0 aromatic heterocycles. The Morgan fingerprint density at radius 3 is 2.33 bits per heavy atom. The average Bonchev–Trinajstić information content (AvgIpc) is 2.25. The van der Waals surface area contributed by atoms with Gasteiger partial charge in [0.2, 0.25) is 0 Å². The van der Waals surface area contributed by atoms with Crippen molar-refractivity contribution in [2.24, 2.45) is 5.92 Å². The first-order valence-electron chi connectivity index (χ1n) is 6.27. The van der Waals surface area contributed by atoms with Crippen LogP contribution in [-0.4, -0.2) is 20.4 Å². The van der Waals surface area contributed by atoms with E-state index in [9.17, 15) is 22.0 Å². The van der Waals surface area contributed by atoms with Crippen molar-refractivity contribution in [1.82, 2.24) is 5.32 Å². The van der Waals surface area contributed by atoms with Crippen molar-refractivity contribution >= 4 is 25.6 Å². The van der Waals surface area contributed by atoms with Gasteiger partial charge in [-0.2, -0.15) is 0 Å². The summed E-state index contributed by atoms with van der Waals surface area (Å²) in [6.07, 6.45) is 0.614. The van der Waals surface area contributed by atoms with Gasteiger partial charge in [-0.1, -0.05) is 13.8 Å². The van der Waals surface area contributed by atoms with Gasteiger partial charge in [-0.3, -0.25) is 4.79 Å². The number of halogens is 3. The summed E-state index contributed by atoms with van der Waals surface area (Å²) in [6.45, 7) is 5.56. The zero-order chi connectivity index (χ0) is 16.4. The van der Waals surface area contributed by atoms with Gasteiger partial charge < -0.3 is 5.32 Å². The minimum absolute atomic E-state index is 0.282. The summed E-state index contributed by atoms with van der Waals surface area (Å²) < 4.78 is 50.0. The van der Waals surface area contributed by atoms with Crippen LogP contribution in [0.5, 0.6) is 0 Å². The standard InChI is InChI=1S/C13H16ClF2NO3S/c1-7(2)6-8(3)17-13(18)11-9(15)4-5-10(12(11)16)21(14,19)20/h4-5,7-8H,6H2,1-3H3,(H,17,18). The second-order valence-electron chi connectivity index (χ2n) is 5.18. The highest BCUT2D eigenvalue weighted by Gasteiger charge is 2.26. The molecule has 0 aliphatic rings. The number of carbonyl (C=O) groups excluding carboxylic acids is 1. The van der Waals surface area contributed by atoms with Crippen LogP contribution < -0.4 is 5.32 Å². The monoisotopic (exact) mass is 339 g/mol. The van der Waals surface area contributed by atoms with Crippen molar-refractivity contribution in [2.75, 3.05) is 0 Å². The summed E-state index contributed by atoms with van der Waals surface area (Å²) in [6, 6.07) is 1.06. The topological polar surface area (TPSA) is 63.2 Å². The molecule has 0 radical (unpaired) electrons. The largest absolute Gasteiger partial charge is 0.349 e. The summed E-state index contributed by atoms with van der Waals surface area (Å²) in [5.74, 6) is -3.37. The summed E-state index contributed by atoms with van der Waals surface area (Å²) in [5, 5.41) is 2.43. The number of hydrogen-bond acceptors (Lipinski definition) is 3. The van der Waals surface area contributed by atoms with Crippen LogP contribution in [0.2, 0.25) is 0 Å². The highest BCUT2D eigenvalue weighted by Crippen LogP contribution is 2.24. The van der Waals surface area contributed by atoms with E-state index in [1.807, 2.05) is 13.8 Å². The first-order chi connectivity index (χ1) is 9.54. The Morgan fingerprint density at radius 1 is 1.29 bits per heavy atom. The maximum absolute atomic E-state index is 14.0. The minimum Gasteiger partial charge on any atom is -0.349 e. The predicted octanol–water partition coefficient (Wildman–Crippen LogP) is 3.06. The van der Waals surface area contributed by atoms with E-state index in [1.165, 1.54) is 0 Å². The van der Waals surface area contributed by atoms with E-state index in [4.69, 9.17) is 10.7 Å². The number of carbonyl (C=O) groups is 1. The van der Waals surface area contributed by atoms with Crippen molar-refractivity contribution < 1.29 is 22.0 Å². The number of benzene rings is 1. The van der Waals surface area contributed by atoms with Crippen LogP contribution in [0.4, 0.5) is 8.78 Å². The van der Waals surface area contributed by atoms with Gasteiger partial charge in [0, 0.05) is 16.7 Å². The van der Waals surface area contributed by atoms with Crippen LogP contribution in [0.15, 0.2) is 17.0 Å². The SMILES string of the molecule is CC(C)CC(C)NC(=O)c1c(F)ccc(S(=O)(=O)Cl)c1F. The molecule has 0 heterocycles. The predicted molar refractivity (Wildman–Crippen MR) is 75.8 cm³/mol. The summed E-state index contributed by atoms with van der Waals surface area (Å²) in [4.78, 5) is 11.0. The molecule has 0 saturated heterocycles. The highest BCUT2D eigenvalue weighted by atomic mass is 35.7. The van der Waals surface area contributed by atoms with E-state index < -0.39 is 37.1 Å². The molecule has 1 unspecified atom stereocenters. The Kier molecular flexibility index (Phi) is 5.69. The molecule has 0 aliphatic heterocycles. The maximum Gasteiger partial charge on any atom is 0.264 e. The first-order valence-corrected chi connectivity index (χ1v) is 8.58. The second kappa shape index (κ2) is 6.70. The molecule has 0 aliphatic carbocycles. The lowest BCUT2D eigenvalue weighted by Gasteiger charge is -2.16. The molecule has 1 aromatic rings. The zero-order valence-electron chi connectivity index (χ0n) is 11.8. The second-order valence-corrected chi connectivity index (χ2v) is 7.71. The fraction of sp³-hybridized carbons (Fsp3) is 0.462. The summed E-state index contributed by atoms with van der Waals surface area (Å²) >= 11 is 0. The van der Waals surface area contributed by atoms with E-state index in [-0.39, 0.29) is 12.0 Å². The third-order valence-corrected chi connectivity index (χ3v) is 4.09. The van der Waals surface area contributed by atoms with Crippen molar-refractivity contribution in [2.45, 2.75) is 38.1 Å². The van der Waals surface area contributed by atoms with Gasteiger partial charge >= 0.3 is 0 Å². The molecule has 0 saturated carbocycles. The Morgan fingerprint density at radius 2 is 1.86 bits per heavy atom. The Balaban J connectivity index is 3.16. The summed E-state index contributed by atoms with van der Waals surface area (Å²) in [5.41, 5.74) is -0.952. The molecule has 118 valence electrons. The van der Waals surface area contributed by atoms with Crippen LogP contribution in [0.1, 0.15) is 37.6 Å². The van der Waals surface area contributed by atoms with E-state index in [0.29, 0.717) is 18.6 Å². The molecule has 0 spiro atoms. The Bertz CT molecular complexity index is 647. The van der Waals surface area contributed by atoms with E-state index in [2.05, 4.69) is 5.32 Å². The van der Waals surface area contributed by atoms with Crippen molar-refractivity contribution in [1.29, 1.82) is 0 Å². The lowest BCUT2D eigenvalue weighted by Crippen LogP contribution is -2.34. The Labute approximate surface area is 126 Å². The van der Waals surface area contributed by atoms with E-state index >= 15 is 0 Å². The van der Waals surface area contributed by atoms with Gasteiger partial charge in [-0.05, 0) is 31.4 Å².